The SMILES string of the molecule is C[C@@H]1COCCN1c1cc(-c2ccc(S(C)(=O)=O)cc2)c2ccnc(-c3ccnn3C3CCCCO3)c2n1. The minimum absolute atomic E-state index is 0.128. The predicted molar refractivity (Wildman–Crippen MR) is 146 cm³/mol. The van der Waals surface area contributed by atoms with Crippen molar-refractivity contribution in [3.63, 3.8) is 0 Å². The van der Waals surface area contributed by atoms with Crippen LogP contribution in [0.5, 0.6) is 0 Å². The van der Waals surface area contributed by atoms with Gasteiger partial charge in [0.05, 0.1) is 29.8 Å². The Morgan fingerprint density at radius 1 is 1.03 bits per heavy atom. The van der Waals surface area contributed by atoms with Crippen LogP contribution in [0.15, 0.2) is 59.8 Å². The van der Waals surface area contributed by atoms with E-state index in [1.807, 2.05) is 28.9 Å². The summed E-state index contributed by atoms with van der Waals surface area (Å²) in [6.07, 6.45) is 7.73. The molecule has 2 saturated heterocycles. The molecule has 2 fully saturated rings. The Hall–Kier alpha value is -3.34. The van der Waals surface area contributed by atoms with E-state index in [-0.39, 0.29) is 12.3 Å². The number of benzene rings is 1. The van der Waals surface area contributed by atoms with E-state index in [4.69, 9.17) is 19.4 Å². The first-order valence-electron chi connectivity index (χ1n) is 13.0. The molecular formula is C28H31N5O4S. The Morgan fingerprint density at radius 3 is 2.61 bits per heavy atom. The standard InChI is InChI=1S/C28H31N5O4S/c1-19-18-36-16-14-32(19)25-17-23(20-6-8-21(9-7-20)38(2,34)35)22-10-12-29-28(27(22)31-25)24-11-13-30-33(24)26-5-3-4-15-37-26/h6-13,17,19,26H,3-5,14-16,18H2,1-2H3/t19-,26?/m1/s1. The van der Waals surface area contributed by atoms with Gasteiger partial charge in [0.2, 0.25) is 0 Å². The first kappa shape index (κ1) is 25.0. The molecule has 3 aromatic heterocycles. The summed E-state index contributed by atoms with van der Waals surface area (Å²) in [5.74, 6) is 0.838. The van der Waals surface area contributed by atoms with Crippen molar-refractivity contribution in [2.75, 3.05) is 37.5 Å². The molecule has 5 heterocycles. The molecule has 9 nitrogen and oxygen atoms in total. The highest BCUT2D eigenvalue weighted by Gasteiger charge is 2.25. The fourth-order valence-corrected chi connectivity index (χ4v) is 5.94. The molecule has 38 heavy (non-hydrogen) atoms. The van der Waals surface area contributed by atoms with Crippen LogP contribution in [-0.4, -0.2) is 66.8 Å². The van der Waals surface area contributed by atoms with Crippen molar-refractivity contribution in [2.45, 2.75) is 43.4 Å². The van der Waals surface area contributed by atoms with E-state index in [0.717, 1.165) is 71.6 Å². The van der Waals surface area contributed by atoms with Crippen LogP contribution < -0.4 is 4.90 Å². The molecule has 0 N–H and O–H groups in total. The normalized spacial score (nSPS) is 20.6. The van der Waals surface area contributed by atoms with Crippen LogP contribution in [0, 0.1) is 0 Å². The maximum Gasteiger partial charge on any atom is 0.175 e. The zero-order valence-electron chi connectivity index (χ0n) is 21.6. The second kappa shape index (κ2) is 10.1. The summed E-state index contributed by atoms with van der Waals surface area (Å²) in [6.45, 7) is 4.84. The molecule has 4 aromatic rings. The zero-order chi connectivity index (χ0) is 26.3. The van der Waals surface area contributed by atoms with Crippen LogP contribution in [-0.2, 0) is 19.3 Å². The number of anilines is 1. The lowest BCUT2D eigenvalue weighted by molar-refractivity contribution is -0.0383. The second-order valence-corrected chi connectivity index (χ2v) is 12.0. The third kappa shape index (κ3) is 4.68. The minimum atomic E-state index is -3.29. The summed E-state index contributed by atoms with van der Waals surface area (Å²) in [4.78, 5) is 12.5. The highest BCUT2D eigenvalue weighted by atomic mass is 32.2. The number of rotatable bonds is 5. The van der Waals surface area contributed by atoms with Gasteiger partial charge in [-0.1, -0.05) is 12.1 Å². The highest BCUT2D eigenvalue weighted by molar-refractivity contribution is 7.90. The highest BCUT2D eigenvalue weighted by Crippen LogP contribution is 2.37. The fourth-order valence-electron chi connectivity index (χ4n) is 5.31. The van der Waals surface area contributed by atoms with Crippen molar-refractivity contribution in [3.8, 4) is 22.5 Å². The summed E-state index contributed by atoms with van der Waals surface area (Å²) in [5, 5.41) is 5.54. The van der Waals surface area contributed by atoms with Gasteiger partial charge in [-0.2, -0.15) is 5.10 Å². The van der Waals surface area contributed by atoms with Gasteiger partial charge in [0, 0.05) is 37.2 Å². The number of ether oxygens (including phenoxy) is 2. The number of nitrogens with zero attached hydrogens (tertiary/aromatic N) is 5. The molecule has 2 atom stereocenters. The van der Waals surface area contributed by atoms with Crippen LogP contribution in [0.25, 0.3) is 33.4 Å². The van der Waals surface area contributed by atoms with Gasteiger partial charge in [-0.25, -0.2) is 18.1 Å². The van der Waals surface area contributed by atoms with E-state index in [1.54, 1.807) is 24.5 Å². The maximum absolute atomic E-state index is 12.1. The van der Waals surface area contributed by atoms with Crippen LogP contribution in [0.2, 0.25) is 0 Å². The van der Waals surface area contributed by atoms with E-state index >= 15 is 0 Å². The molecule has 0 bridgehead atoms. The Morgan fingerprint density at radius 2 is 1.87 bits per heavy atom. The first-order valence-corrected chi connectivity index (χ1v) is 14.9. The van der Waals surface area contributed by atoms with Gasteiger partial charge in [0.1, 0.15) is 17.0 Å². The van der Waals surface area contributed by atoms with Gasteiger partial charge in [0.25, 0.3) is 0 Å². The molecule has 0 radical (unpaired) electrons. The second-order valence-electron chi connectivity index (χ2n) is 9.98. The van der Waals surface area contributed by atoms with E-state index in [1.165, 1.54) is 6.26 Å². The molecule has 198 valence electrons. The summed E-state index contributed by atoms with van der Waals surface area (Å²) >= 11 is 0. The number of fused-ring (bicyclic) bond motifs is 1. The van der Waals surface area contributed by atoms with Gasteiger partial charge in [-0.05, 0) is 67.6 Å². The molecule has 1 aromatic carbocycles. The minimum Gasteiger partial charge on any atom is -0.377 e. The molecule has 2 aliphatic rings. The van der Waals surface area contributed by atoms with Crippen molar-refractivity contribution in [1.82, 2.24) is 19.7 Å². The molecule has 0 aliphatic carbocycles. The van der Waals surface area contributed by atoms with Crippen LogP contribution >= 0.6 is 0 Å². The van der Waals surface area contributed by atoms with E-state index < -0.39 is 9.84 Å². The van der Waals surface area contributed by atoms with Crippen molar-refractivity contribution in [2.24, 2.45) is 0 Å². The third-order valence-electron chi connectivity index (χ3n) is 7.31. The molecule has 0 amide bonds. The lowest BCUT2D eigenvalue weighted by Crippen LogP contribution is -2.44. The van der Waals surface area contributed by atoms with Gasteiger partial charge >= 0.3 is 0 Å². The van der Waals surface area contributed by atoms with E-state index in [2.05, 4.69) is 23.0 Å². The molecule has 0 spiro atoms. The van der Waals surface area contributed by atoms with E-state index in [0.29, 0.717) is 18.1 Å². The quantitative estimate of drug-likeness (QED) is 0.370. The molecule has 6 rings (SSSR count). The number of pyridine rings is 2. The molecule has 0 saturated carbocycles. The molecule has 1 unspecified atom stereocenters. The summed E-state index contributed by atoms with van der Waals surface area (Å²) in [6, 6.07) is 13.2. The van der Waals surface area contributed by atoms with Crippen molar-refractivity contribution in [3.05, 3.63) is 54.9 Å². The third-order valence-corrected chi connectivity index (χ3v) is 8.44. The largest absolute Gasteiger partial charge is 0.377 e. The Balaban J connectivity index is 1.55. The van der Waals surface area contributed by atoms with Gasteiger partial charge in [-0.3, -0.25) is 4.98 Å². The maximum atomic E-state index is 12.1. The number of aromatic nitrogens is 4. The summed E-state index contributed by atoms with van der Waals surface area (Å²) in [5.41, 5.74) is 4.25. The fraction of sp³-hybridized carbons (Fsp3) is 0.393. The zero-order valence-corrected chi connectivity index (χ0v) is 22.4. The number of hydrogen-bond acceptors (Lipinski definition) is 8. The average Bonchev–Trinajstić information content (AvgIpc) is 3.42. The lowest BCUT2D eigenvalue weighted by atomic mass is 10.00. The number of hydrogen-bond donors (Lipinski definition) is 0. The predicted octanol–water partition coefficient (Wildman–Crippen LogP) is 4.49. The number of morpholine rings is 1. The van der Waals surface area contributed by atoms with Crippen molar-refractivity contribution in [1.29, 1.82) is 0 Å². The topological polar surface area (TPSA) is 99.4 Å². The van der Waals surface area contributed by atoms with Gasteiger partial charge in [-0.15, -0.1) is 0 Å². The summed E-state index contributed by atoms with van der Waals surface area (Å²) in [7, 11) is -3.29. The first-order chi connectivity index (χ1) is 18.4. The van der Waals surface area contributed by atoms with Crippen molar-refractivity contribution >= 4 is 26.6 Å². The van der Waals surface area contributed by atoms with Crippen LogP contribution in [0.4, 0.5) is 5.82 Å². The van der Waals surface area contributed by atoms with Gasteiger partial charge < -0.3 is 14.4 Å². The average molecular weight is 534 g/mol. The summed E-state index contributed by atoms with van der Waals surface area (Å²) < 4.78 is 37.8. The van der Waals surface area contributed by atoms with Crippen molar-refractivity contribution < 1.29 is 17.9 Å². The number of sulfone groups is 1. The van der Waals surface area contributed by atoms with Crippen LogP contribution in [0.3, 0.4) is 0 Å². The Bertz CT molecular complexity index is 1560. The van der Waals surface area contributed by atoms with Crippen LogP contribution in [0.1, 0.15) is 32.4 Å². The van der Waals surface area contributed by atoms with Gasteiger partial charge in [0.15, 0.2) is 16.1 Å². The monoisotopic (exact) mass is 533 g/mol. The Labute approximate surface area is 222 Å². The molecule has 10 heteroatoms. The Kier molecular flexibility index (Phi) is 6.63. The molecule has 2 aliphatic heterocycles. The molecular weight excluding hydrogens is 502 g/mol. The van der Waals surface area contributed by atoms with E-state index in [9.17, 15) is 8.42 Å². The smallest absolute Gasteiger partial charge is 0.175 e. The lowest BCUT2D eigenvalue weighted by Gasteiger charge is -2.34.